The molecule has 0 radical (unpaired) electrons. The Kier molecular flexibility index (Phi) is 4.01. The summed E-state index contributed by atoms with van der Waals surface area (Å²) in [4.78, 5) is 13.1. The zero-order valence-corrected chi connectivity index (χ0v) is 12.0. The van der Waals surface area contributed by atoms with Crippen molar-refractivity contribution in [3.8, 4) is 6.07 Å². The molecule has 0 N–H and O–H groups in total. The first-order valence-electron chi connectivity index (χ1n) is 7.02. The average molecular weight is 293 g/mol. The van der Waals surface area contributed by atoms with Crippen LogP contribution in [0, 0.1) is 11.3 Å². The lowest BCUT2D eigenvalue weighted by Crippen LogP contribution is -2.48. The second-order valence-electron chi connectivity index (χ2n) is 5.28. The van der Waals surface area contributed by atoms with Gasteiger partial charge < -0.3 is 9.47 Å². The molecule has 110 valence electrons. The van der Waals surface area contributed by atoms with Crippen LogP contribution < -0.4 is 0 Å². The Morgan fingerprint density at radius 2 is 1.64 bits per heavy atom. The van der Waals surface area contributed by atoms with Crippen molar-refractivity contribution in [2.45, 2.75) is 5.41 Å². The van der Waals surface area contributed by atoms with E-state index < -0.39 is 5.41 Å². The lowest BCUT2D eigenvalue weighted by molar-refractivity contribution is -0.127. The summed E-state index contributed by atoms with van der Waals surface area (Å²) in [5.74, 6) is -0.0301. The number of Topliss-reactive ketones (excluding diaryl/α,β-unsaturated/α-hetero) is 1. The molecule has 0 atom stereocenters. The first-order chi connectivity index (χ1) is 10.8. The van der Waals surface area contributed by atoms with Gasteiger partial charge in [0.25, 0.3) is 0 Å². The number of hydrogen-bond donors (Lipinski definition) is 0. The van der Waals surface area contributed by atoms with Crippen LogP contribution in [-0.4, -0.2) is 25.8 Å². The van der Waals surface area contributed by atoms with Crippen LogP contribution in [0.4, 0.5) is 0 Å². The molecule has 0 bridgehead atoms. The standard InChI is InChI=1S/C18H15NO3/c19-10-14-6-8-16(9-7-14)18(11-21-13-22-12-18)17(20)15-4-2-1-3-5-15/h1-9H,11-13H2. The smallest absolute Gasteiger partial charge is 0.178 e. The predicted octanol–water partition coefficient (Wildman–Crippen LogP) is 2.68. The van der Waals surface area contributed by atoms with Crippen molar-refractivity contribution in [2.24, 2.45) is 0 Å². The molecule has 0 aromatic heterocycles. The minimum Gasteiger partial charge on any atom is -0.354 e. The fourth-order valence-corrected chi connectivity index (χ4v) is 2.69. The third-order valence-corrected chi connectivity index (χ3v) is 3.90. The van der Waals surface area contributed by atoms with Crippen LogP contribution in [0.2, 0.25) is 0 Å². The van der Waals surface area contributed by atoms with Gasteiger partial charge in [-0.05, 0) is 17.7 Å². The van der Waals surface area contributed by atoms with Crippen LogP contribution in [0.3, 0.4) is 0 Å². The highest BCUT2D eigenvalue weighted by atomic mass is 16.7. The quantitative estimate of drug-likeness (QED) is 0.816. The number of ketones is 1. The molecule has 0 aliphatic carbocycles. The topological polar surface area (TPSA) is 59.3 Å². The van der Waals surface area contributed by atoms with Gasteiger partial charge in [-0.15, -0.1) is 0 Å². The first kappa shape index (κ1) is 14.5. The van der Waals surface area contributed by atoms with Crippen LogP contribution in [0.1, 0.15) is 21.5 Å². The van der Waals surface area contributed by atoms with Crippen molar-refractivity contribution in [1.82, 2.24) is 0 Å². The molecule has 1 aliphatic rings. The zero-order chi connectivity index (χ0) is 15.4. The van der Waals surface area contributed by atoms with Crippen LogP contribution in [0.25, 0.3) is 0 Å². The summed E-state index contributed by atoms with van der Waals surface area (Å²) in [6.45, 7) is 0.735. The maximum absolute atomic E-state index is 13.1. The third kappa shape index (κ3) is 2.52. The van der Waals surface area contributed by atoms with E-state index in [-0.39, 0.29) is 25.8 Å². The van der Waals surface area contributed by atoms with Gasteiger partial charge in [-0.2, -0.15) is 5.26 Å². The van der Waals surface area contributed by atoms with Gasteiger partial charge in [-0.25, -0.2) is 0 Å². The van der Waals surface area contributed by atoms with E-state index in [0.29, 0.717) is 11.1 Å². The van der Waals surface area contributed by atoms with Crippen LogP contribution in [0.15, 0.2) is 54.6 Å². The molecule has 2 aromatic carbocycles. The second kappa shape index (κ2) is 6.10. The summed E-state index contributed by atoms with van der Waals surface area (Å²) >= 11 is 0. The lowest BCUT2D eigenvalue weighted by atomic mass is 9.75. The fourth-order valence-electron chi connectivity index (χ4n) is 2.69. The van der Waals surface area contributed by atoms with Crippen LogP contribution in [0.5, 0.6) is 0 Å². The maximum atomic E-state index is 13.1. The Bertz CT molecular complexity index is 695. The van der Waals surface area contributed by atoms with Crippen molar-refractivity contribution >= 4 is 5.78 Å². The highest BCUT2D eigenvalue weighted by molar-refractivity contribution is 6.04. The number of carbonyl (C=O) groups excluding carboxylic acids is 1. The van der Waals surface area contributed by atoms with Gasteiger partial charge in [0.05, 0.1) is 24.8 Å². The van der Waals surface area contributed by atoms with Gasteiger partial charge in [-0.1, -0.05) is 42.5 Å². The summed E-state index contributed by atoms with van der Waals surface area (Å²) in [6.07, 6.45) is 0. The predicted molar refractivity (Wildman–Crippen MR) is 80.4 cm³/mol. The van der Waals surface area contributed by atoms with Gasteiger partial charge >= 0.3 is 0 Å². The van der Waals surface area contributed by atoms with E-state index in [1.165, 1.54) is 0 Å². The molecular formula is C18H15NO3. The Morgan fingerprint density at radius 1 is 1.00 bits per heavy atom. The van der Waals surface area contributed by atoms with Gasteiger partial charge in [-0.3, -0.25) is 4.79 Å². The number of nitrogens with zero attached hydrogens (tertiary/aromatic N) is 1. The van der Waals surface area contributed by atoms with E-state index in [0.717, 1.165) is 5.56 Å². The highest BCUT2D eigenvalue weighted by Crippen LogP contribution is 2.32. The fraction of sp³-hybridized carbons (Fsp3) is 0.222. The molecule has 0 unspecified atom stereocenters. The molecule has 0 amide bonds. The van der Waals surface area contributed by atoms with E-state index in [1.54, 1.807) is 36.4 Å². The number of carbonyl (C=O) groups is 1. The molecule has 2 aromatic rings. The van der Waals surface area contributed by atoms with E-state index >= 15 is 0 Å². The third-order valence-electron chi connectivity index (χ3n) is 3.90. The maximum Gasteiger partial charge on any atom is 0.178 e. The normalized spacial score (nSPS) is 16.7. The molecule has 1 fully saturated rings. The molecule has 22 heavy (non-hydrogen) atoms. The van der Waals surface area contributed by atoms with Crippen molar-refractivity contribution in [3.05, 3.63) is 71.3 Å². The number of benzene rings is 2. The van der Waals surface area contributed by atoms with Crippen LogP contribution in [-0.2, 0) is 14.9 Å². The molecule has 1 saturated heterocycles. The zero-order valence-electron chi connectivity index (χ0n) is 12.0. The van der Waals surface area contributed by atoms with E-state index in [1.807, 2.05) is 18.2 Å². The van der Waals surface area contributed by atoms with Crippen molar-refractivity contribution < 1.29 is 14.3 Å². The monoisotopic (exact) mass is 293 g/mol. The van der Waals surface area contributed by atoms with Crippen LogP contribution >= 0.6 is 0 Å². The molecule has 1 heterocycles. The first-order valence-corrected chi connectivity index (χ1v) is 7.02. The number of ether oxygens (including phenoxy) is 2. The summed E-state index contributed by atoms with van der Waals surface area (Å²) in [6, 6.07) is 18.3. The summed E-state index contributed by atoms with van der Waals surface area (Å²) < 4.78 is 10.9. The number of nitriles is 1. The Labute approximate surface area is 128 Å². The van der Waals surface area contributed by atoms with E-state index in [2.05, 4.69) is 6.07 Å². The molecule has 0 spiro atoms. The minimum absolute atomic E-state index is 0.0301. The molecule has 4 heteroatoms. The van der Waals surface area contributed by atoms with Gasteiger partial charge in [0, 0.05) is 5.56 Å². The molecular weight excluding hydrogens is 278 g/mol. The van der Waals surface area contributed by atoms with Crippen molar-refractivity contribution in [1.29, 1.82) is 5.26 Å². The Hall–Kier alpha value is -2.48. The average Bonchev–Trinajstić information content (AvgIpc) is 2.62. The highest BCUT2D eigenvalue weighted by Gasteiger charge is 2.43. The molecule has 4 nitrogen and oxygen atoms in total. The van der Waals surface area contributed by atoms with Crippen molar-refractivity contribution in [2.75, 3.05) is 20.0 Å². The Morgan fingerprint density at radius 3 is 2.23 bits per heavy atom. The number of hydrogen-bond acceptors (Lipinski definition) is 4. The number of rotatable bonds is 3. The summed E-state index contributed by atoms with van der Waals surface area (Å²) in [5, 5.41) is 8.92. The van der Waals surface area contributed by atoms with E-state index in [4.69, 9.17) is 14.7 Å². The summed E-state index contributed by atoms with van der Waals surface area (Å²) in [5.41, 5.74) is 1.12. The SMILES string of the molecule is N#Cc1ccc(C2(C(=O)c3ccccc3)COCOC2)cc1. The lowest BCUT2D eigenvalue weighted by Gasteiger charge is -2.35. The van der Waals surface area contributed by atoms with Gasteiger partial charge in [0.2, 0.25) is 0 Å². The molecule has 3 rings (SSSR count). The second-order valence-corrected chi connectivity index (χ2v) is 5.28. The van der Waals surface area contributed by atoms with E-state index in [9.17, 15) is 4.79 Å². The van der Waals surface area contributed by atoms with Crippen molar-refractivity contribution in [3.63, 3.8) is 0 Å². The molecule has 1 aliphatic heterocycles. The minimum atomic E-state index is -0.867. The summed E-state index contributed by atoms with van der Waals surface area (Å²) in [7, 11) is 0. The Balaban J connectivity index is 2.04. The molecule has 0 saturated carbocycles. The largest absolute Gasteiger partial charge is 0.354 e. The van der Waals surface area contributed by atoms with Gasteiger partial charge in [0.1, 0.15) is 12.2 Å². The van der Waals surface area contributed by atoms with Gasteiger partial charge in [0.15, 0.2) is 5.78 Å².